The van der Waals surface area contributed by atoms with Crippen LogP contribution in [0.5, 0.6) is 5.75 Å². The van der Waals surface area contributed by atoms with Crippen LogP contribution in [0.4, 0.5) is 0 Å². The molecule has 1 aliphatic carbocycles. The van der Waals surface area contributed by atoms with Crippen LogP contribution < -0.4 is 15.6 Å². The molecule has 1 aliphatic rings. The summed E-state index contributed by atoms with van der Waals surface area (Å²) in [6.07, 6.45) is 5.44. The minimum Gasteiger partial charge on any atom is -0.496 e. The highest BCUT2D eigenvalue weighted by Gasteiger charge is 2.23. The number of carbonyl (C=O) groups excluding carboxylic acids is 2. The molecule has 0 spiro atoms. The van der Waals surface area contributed by atoms with Gasteiger partial charge < -0.3 is 14.8 Å². The topological polar surface area (TPSA) is 104 Å². The third-order valence-electron chi connectivity index (χ3n) is 5.57. The Bertz CT molecular complexity index is 1190. The lowest BCUT2D eigenvalue weighted by molar-refractivity contribution is 0.0593. The normalized spacial score (nSPS) is 14.0. The predicted octanol–water partition coefficient (Wildman–Crippen LogP) is 2.01. The summed E-state index contributed by atoms with van der Waals surface area (Å²) in [6.45, 7) is 0.130. The zero-order valence-electron chi connectivity index (χ0n) is 17.5. The number of carbonyl (C=O) groups is 2. The highest BCUT2D eigenvalue weighted by atomic mass is 16.5. The first kappa shape index (κ1) is 20.6. The molecule has 31 heavy (non-hydrogen) atoms. The average molecular weight is 424 g/mol. The van der Waals surface area contributed by atoms with E-state index in [1.54, 1.807) is 13.2 Å². The molecule has 0 unspecified atom stereocenters. The number of aromatic nitrogens is 3. The van der Waals surface area contributed by atoms with E-state index in [4.69, 9.17) is 9.47 Å². The van der Waals surface area contributed by atoms with Gasteiger partial charge in [0.25, 0.3) is 11.5 Å². The molecule has 0 saturated heterocycles. The number of nitrogens with zero attached hydrogens (tertiary/aromatic N) is 3. The first-order valence-electron chi connectivity index (χ1n) is 10.2. The molecular weight excluding hydrogens is 400 g/mol. The molecule has 0 aliphatic heterocycles. The van der Waals surface area contributed by atoms with Crippen LogP contribution in [0.3, 0.4) is 0 Å². The Morgan fingerprint density at radius 2 is 1.94 bits per heavy atom. The van der Waals surface area contributed by atoms with Crippen LogP contribution in [0.15, 0.2) is 41.3 Å². The van der Waals surface area contributed by atoms with E-state index in [1.165, 1.54) is 28.5 Å². The minimum absolute atomic E-state index is 0.00297. The SMILES string of the molecule is COC(=O)c1cc2c(=O)n(Cc3ccccc3OC)c(C(=O)NC3CCCC3)cn2n1. The lowest BCUT2D eigenvalue weighted by atomic mass is 10.2. The minimum atomic E-state index is -0.656. The predicted molar refractivity (Wildman–Crippen MR) is 113 cm³/mol. The van der Waals surface area contributed by atoms with Gasteiger partial charge in [-0.3, -0.25) is 14.2 Å². The second-order valence-corrected chi connectivity index (χ2v) is 7.52. The van der Waals surface area contributed by atoms with Crippen molar-refractivity contribution >= 4 is 17.4 Å². The number of rotatable bonds is 6. The van der Waals surface area contributed by atoms with Crippen molar-refractivity contribution in [3.63, 3.8) is 0 Å². The van der Waals surface area contributed by atoms with Gasteiger partial charge >= 0.3 is 5.97 Å². The maximum Gasteiger partial charge on any atom is 0.358 e. The number of amides is 1. The number of hydrogen-bond acceptors (Lipinski definition) is 6. The molecule has 0 radical (unpaired) electrons. The molecule has 4 rings (SSSR count). The van der Waals surface area contributed by atoms with Gasteiger partial charge in [-0.05, 0) is 18.9 Å². The lowest BCUT2D eigenvalue weighted by Gasteiger charge is -2.17. The molecule has 0 atom stereocenters. The van der Waals surface area contributed by atoms with Crippen LogP contribution in [0.25, 0.3) is 5.52 Å². The van der Waals surface area contributed by atoms with E-state index < -0.39 is 11.5 Å². The summed E-state index contributed by atoms with van der Waals surface area (Å²) in [6, 6.07) is 8.76. The summed E-state index contributed by atoms with van der Waals surface area (Å²) in [5.74, 6) is -0.396. The van der Waals surface area contributed by atoms with E-state index >= 15 is 0 Å². The van der Waals surface area contributed by atoms with E-state index in [1.807, 2.05) is 18.2 Å². The van der Waals surface area contributed by atoms with Crippen LogP contribution in [0.1, 0.15) is 52.2 Å². The molecule has 1 amide bonds. The van der Waals surface area contributed by atoms with Crippen LogP contribution in [0.2, 0.25) is 0 Å². The Balaban J connectivity index is 1.83. The zero-order chi connectivity index (χ0) is 22.0. The largest absolute Gasteiger partial charge is 0.496 e. The second-order valence-electron chi connectivity index (χ2n) is 7.52. The van der Waals surface area contributed by atoms with Gasteiger partial charge in [-0.25, -0.2) is 9.31 Å². The van der Waals surface area contributed by atoms with Gasteiger partial charge in [0.15, 0.2) is 5.69 Å². The number of esters is 1. The van der Waals surface area contributed by atoms with Crippen LogP contribution in [-0.2, 0) is 11.3 Å². The smallest absolute Gasteiger partial charge is 0.358 e. The molecule has 3 aromatic rings. The van der Waals surface area contributed by atoms with E-state index in [-0.39, 0.29) is 35.4 Å². The molecule has 1 fully saturated rings. The Morgan fingerprint density at radius 3 is 2.65 bits per heavy atom. The van der Waals surface area contributed by atoms with E-state index in [0.29, 0.717) is 5.75 Å². The third-order valence-corrected chi connectivity index (χ3v) is 5.57. The van der Waals surface area contributed by atoms with E-state index in [0.717, 1.165) is 31.2 Å². The van der Waals surface area contributed by atoms with Gasteiger partial charge in [-0.15, -0.1) is 0 Å². The van der Waals surface area contributed by atoms with Crippen molar-refractivity contribution in [3.05, 3.63) is 63.8 Å². The van der Waals surface area contributed by atoms with Crippen molar-refractivity contribution in [2.45, 2.75) is 38.3 Å². The Kier molecular flexibility index (Phi) is 5.75. The Labute approximate surface area is 178 Å². The molecule has 162 valence electrons. The number of benzene rings is 1. The quantitative estimate of drug-likeness (QED) is 0.607. The van der Waals surface area contributed by atoms with Crippen molar-refractivity contribution in [1.29, 1.82) is 0 Å². The van der Waals surface area contributed by atoms with Gasteiger partial charge in [-0.1, -0.05) is 31.0 Å². The average Bonchev–Trinajstić information content (AvgIpc) is 3.45. The first-order valence-corrected chi connectivity index (χ1v) is 10.2. The van der Waals surface area contributed by atoms with Gasteiger partial charge in [0, 0.05) is 17.7 Å². The summed E-state index contributed by atoms with van der Waals surface area (Å²) < 4.78 is 12.8. The van der Waals surface area contributed by atoms with Crippen molar-refractivity contribution in [2.24, 2.45) is 0 Å². The van der Waals surface area contributed by atoms with Crippen molar-refractivity contribution < 1.29 is 19.1 Å². The van der Waals surface area contributed by atoms with Gasteiger partial charge in [-0.2, -0.15) is 5.10 Å². The summed E-state index contributed by atoms with van der Waals surface area (Å²) in [5.41, 5.74) is 0.644. The van der Waals surface area contributed by atoms with Crippen LogP contribution in [-0.4, -0.2) is 46.3 Å². The maximum atomic E-state index is 13.3. The molecule has 1 N–H and O–H groups in total. The zero-order valence-corrected chi connectivity index (χ0v) is 17.5. The molecule has 1 aromatic carbocycles. The highest BCUT2D eigenvalue weighted by molar-refractivity contribution is 5.93. The number of hydrogen-bond donors (Lipinski definition) is 1. The van der Waals surface area contributed by atoms with E-state index in [9.17, 15) is 14.4 Å². The molecule has 9 nitrogen and oxygen atoms in total. The maximum absolute atomic E-state index is 13.3. The fourth-order valence-corrected chi connectivity index (χ4v) is 3.96. The van der Waals surface area contributed by atoms with Crippen LogP contribution >= 0.6 is 0 Å². The van der Waals surface area contributed by atoms with Crippen molar-refractivity contribution in [1.82, 2.24) is 19.5 Å². The monoisotopic (exact) mass is 424 g/mol. The summed E-state index contributed by atoms with van der Waals surface area (Å²) in [4.78, 5) is 38.4. The second kappa shape index (κ2) is 8.63. The molecule has 2 heterocycles. The number of ether oxygens (including phenoxy) is 2. The molecule has 2 aromatic heterocycles. The standard InChI is InChI=1S/C22H24N4O5/c1-30-19-10-6-3-7-14(19)12-25-18(20(27)23-15-8-4-5-9-15)13-26-17(21(25)28)11-16(24-26)22(29)31-2/h3,6-7,10-11,13,15H,4-5,8-9,12H2,1-2H3,(H,23,27). The Hall–Kier alpha value is -3.62. The highest BCUT2D eigenvalue weighted by Crippen LogP contribution is 2.20. The van der Waals surface area contributed by atoms with E-state index in [2.05, 4.69) is 10.4 Å². The fraction of sp³-hybridized carbons (Fsp3) is 0.364. The summed E-state index contributed by atoms with van der Waals surface area (Å²) >= 11 is 0. The first-order chi connectivity index (χ1) is 15.0. The Morgan fingerprint density at radius 1 is 1.19 bits per heavy atom. The fourth-order valence-electron chi connectivity index (χ4n) is 3.96. The lowest BCUT2D eigenvalue weighted by Crippen LogP contribution is -2.38. The number of fused-ring (bicyclic) bond motifs is 1. The molecular formula is C22H24N4O5. The van der Waals surface area contributed by atoms with Gasteiger partial charge in [0.1, 0.15) is 17.0 Å². The molecule has 9 heteroatoms. The summed E-state index contributed by atoms with van der Waals surface area (Å²) in [7, 11) is 2.80. The van der Waals surface area contributed by atoms with Crippen molar-refractivity contribution in [3.8, 4) is 5.75 Å². The van der Waals surface area contributed by atoms with Gasteiger partial charge in [0.05, 0.1) is 27.0 Å². The number of methoxy groups -OCH3 is 2. The van der Waals surface area contributed by atoms with Crippen LogP contribution in [0, 0.1) is 0 Å². The molecule has 0 bridgehead atoms. The van der Waals surface area contributed by atoms with Crippen molar-refractivity contribution in [2.75, 3.05) is 14.2 Å². The van der Waals surface area contributed by atoms with Gasteiger partial charge in [0.2, 0.25) is 0 Å². The number of nitrogens with one attached hydrogen (secondary N) is 1. The summed E-state index contributed by atoms with van der Waals surface area (Å²) in [5, 5.41) is 7.15. The molecule has 1 saturated carbocycles. The third kappa shape index (κ3) is 4.03. The number of para-hydroxylation sites is 1.